The molecule has 0 aliphatic heterocycles. The molecule has 104 valence electrons. The molecule has 1 aliphatic rings. The van der Waals surface area contributed by atoms with Crippen molar-refractivity contribution in [3.63, 3.8) is 0 Å². The lowest BCUT2D eigenvalue weighted by Crippen LogP contribution is -2.28. The Labute approximate surface area is 121 Å². The lowest BCUT2D eigenvalue weighted by Gasteiger charge is -2.12. The zero-order valence-electron chi connectivity index (χ0n) is 10.8. The van der Waals surface area contributed by atoms with Gasteiger partial charge in [0.1, 0.15) is 0 Å². The third-order valence-corrected chi connectivity index (χ3v) is 3.97. The van der Waals surface area contributed by atoms with Crippen LogP contribution in [-0.4, -0.2) is 25.2 Å². The van der Waals surface area contributed by atoms with Crippen molar-refractivity contribution in [1.82, 2.24) is 5.32 Å². The molecule has 0 heterocycles. The summed E-state index contributed by atoms with van der Waals surface area (Å²) in [6.07, 6.45) is 5.19. The van der Waals surface area contributed by atoms with E-state index in [1.165, 1.54) is 12.8 Å². The Hall–Kier alpha value is -1.07. The smallest absolute Gasteiger partial charge is 0.252 e. The Morgan fingerprint density at radius 3 is 2.89 bits per heavy atom. The summed E-state index contributed by atoms with van der Waals surface area (Å²) >= 11 is 3.35. The Kier molecular flexibility index (Phi) is 5.22. The minimum absolute atomic E-state index is 0.130. The lowest BCUT2D eigenvalue weighted by molar-refractivity contribution is 0.0581. The van der Waals surface area contributed by atoms with Crippen molar-refractivity contribution in [2.24, 2.45) is 0 Å². The number of rotatable bonds is 5. The Balaban J connectivity index is 1.75. The molecule has 0 saturated heterocycles. The van der Waals surface area contributed by atoms with E-state index in [1.807, 2.05) is 0 Å². The third kappa shape index (κ3) is 4.21. The van der Waals surface area contributed by atoms with Gasteiger partial charge in [-0.25, -0.2) is 0 Å². The summed E-state index contributed by atoms with van der Waals surface area (Å²) in [4.78, 5) is 12.0. The van der Waals surface area contributed by atoms with Gasteiger partial charge in [-0.1, -0.05) is 12.8 Å². The monoisotopic (exact) mass is 326 g/mol. The van der Waals surface area contributed by atoms with Crippen LogP contribution in [0.1, 0.15) is 36.0 Å². The summed E-state index contributed by atoms with van der Waals surface area (Å²) in [5.41, 5.74) is 6.81. The highest BCUT2D eigenvalue weighted by molar-refractivity contribution is 9.10. The number of hydrogen-bond donors (Lipinski definition) is 2. The second-order valence-electron chi connectivity index (χ2n) is 4.77. The van der Waals surface area contributed by atoms with E-state index >= 15 is 0 Å². The molecule has 1 amide bonds. The van der Waals surface area contributed by atoms with Crippen LogP contribution < -0.4 is 11.1 Å². The van der Waals surface area contributed by atoms with Crippen molar-refractivity contribution in [1.29, 1.82) is 0 Å². The van der Waals surface area contributed by atoms with Crippen molar-refractivity contribution in [3.05, 3.63) is 28.2 Å². The molecule has 0 atom stereocenters. The number of nitrogens with one attached hydrogen (secondary N) is 1. The highest BCUT2D eigenvalue weighted by Gasteiger charge is 2.15. The SMILES string of the molecule is Nc1ccc(Br)c(C(=O)NCCOC2CCCC2)c1. The van der Waals surface area contributed by atoms with Crippen LogP contribution in [0.5, 0.6) is 0 Å². The molecule has 0 spiro atoms. The topological polar surface area (TPSA) is 64.4 Å². The molecule has 0 unspecified atom stereocenters. The van der Waals surface area contributed by atoms with E-state index in [0.29, 0.717) is 30.5 Å². The van der Waals surface area contributed by atoms with Crippen LogP contribution in [0.2, 0.25) is 0 Å². The number of carbonyl (C=O) groups is 1. The lowest BCUT2D eigenvalue weighted by atomic mass is 10.2. The Bertz CT molecular complexity index is 445. The zero-order chi connectivity index (χ0) is 13.7. The predicted octanol–water partition coefficient (Wildman–Crippen LogP) is 2.72. The highest BCUT2D eigenvalue weighted by Crippen LogP contribution is 2.21. The summed E-state index contributed by atoms with van der Waals surface area (Å²) in [6.45, 7) is 1.09. The molecule has 0 radical (unpaired) electrons. The molecule has 1 aromatic carbocycles. The molecule has 2 rings (SSSR count). The van der Waals surface area contributed by atoms with Crippen LogP contribution in [0.3, 0.4) is 0 Å². The van der Waals surface area contributed by atoms with Gasteiger partial charge in [-0.05, 0) is 47.0 Å². The summed E-state index contributed by atoms with van der Waals surface area (Å²) in [6, 6.07) is 5.20. The van der Waals surface area contributed by atoms with Gasteiger partial charge in [-0.15, -0.1) is 0 Å². The maximum Gasteiger partial charge on any atom is 0.252 e. The number of hydrogen-bond acceptors (Lipinski definition) is 3. The third-order valence-electron chi connectivity index (χ3n) is 3.28. The molecule has 1 fully saturated rings. The first kappa shape index (κ1) is 14.3. The van der Waals surface area contributed by atoms with E-state index in [-0.39, 0.29) is 5.91 Å². The Morgan fingerprint density at radius 2 is 2.16 bits per heavy atom. The maximum atomic E-state index is 12.0. The van der Waals surface area contributed by atoms with Crippen LogP contribution in [0.15, 0.2) is 22.7 Å². The molecule has 0 bridgehead atoms. The second kappa shape index (κ2) is 6.91. The van der Waals surface area contributed by atoms with E-state index in [4.69, 9.17) is 10.5 Å². The van der Waals surface area contributed by atoms with Gasteiger partial charge >= 0.3 is 0 Å². The van der Waals surface area contributed by atoms with Crippen molar-refractivity contribution >= 4 is 27.5 Å². The molecule has 5 heteroatoms. The number of halogens is 1. The van der Waals surface area contributed by atoms with Crippen LogP contribution in [0, 0.1) is 0 Å². The van der Waals surface area contributed by atoms with Gasteiger partial charge in [0.15, 0.2) is 0 Å². The molecule has 3 N–H and O–H groups in total. The normalized spacial score (nSPS) is 15.6. The first-order valence-electron chi connectivity index (χ1n) is 6.61. The van der Waals surface area contributed by atoms with E-state index in [2.05, 4.69) is 21.2 Å². The number of amides is 1. The highest BCUT2D eigenvalue weighted by atomic mass is 79.9. The first-order valence-corrected chi connectivity index (χ1v) is 7.41. The number of carbonyl (C=O) groups excluding carboxylic acids is 1. The van der Waals surface area contributed by atoms with Crippen molar-refractivity contribution < 1.29 is 9.53 Å². The fraction of sp³-hybridized carbons (Fsp3) is 0.500. The van der Waals surface area contributed by atoms with E-state index in [1.54, 1.807) is 18.2 Å². The fourth-order valence-corrected chi connectivity index (χ4v) is 2.68. The summed E-state index contributed by atoms with van der Waals surface area (Å²) in [7, 11) is 0. The summed E-state index contributed by atoms with van der Waals surface area (Å²) < 4.78 is 6.44. The molecule has 1 saturated carbocycles. The minimum Gasteiger partial charge on any atom is -0.399 e. The maximum absolute atomic E-state index is 12.0. The quantitative estimate of drug-likeness (QED) is 0.646. The van der Waals surface area contributed by atoms with Crippen LogP contribution in [-0.2, 0) is 4.74 Å². The van der Waals surface area contributed by atoms with Crippen LogP contribution in [0.4, 0.5) is 5.69 Å². The standard InChI is InChI=1S/C14H19BrN2O2/c15-13-6-5-10(16)9-12(13)14(18)17-7-8-19-11-3-1-2-4-11/h5-6,9,11H,1-4,7-8,16H2,(H,17,18). The molecule has 0 aromatic heterocycles. The van der Waals surface area contributed by atoms with Gasteiger partial charge in [0.25, 0.3) is 5.91 Å². The number of nitrogen functional groups attached to an aromatic ring is 1. The second-order valence-corrected chi connectivity index (χ2v) is 5.63. The largest absolute Gasteiger partial charge is 0.399 e. The van der Waals surface area contributed by atoms with E-state index in [9.17, 15) is 4.79 Å². The molecular weight excluding hydrogens is 308 g/mol. The van der Waals surface area contributed by atoms with Gasteiger partial charge in [-0.2, -0.15) is 0 Å². The molecular formula is C14H19BrN2O2. The van der Waals surface area contributed by atoms with Gasteiger partial charge in [-0.3, -0.25) is 4.79 Å². The first-order chi connectivity index (χ1) is 9.16. The molecule has 4 nitrogen and oxygen atoms in total. The van der Waals surface area contributed by atoms with Crippen LogP contribution >= 0.6 is 15.9 Å². The molecule has 19 heavy (non-hydrogen) atoms. The Morgan fingerprint density at radius 1 is 1.42 bits per heavy atom. The summed E-state index contributed by atoms with van der Waals surface area (Å²) in [5, 5.41) is 2.84. The number of anilines is 1. The van der Waals surface area contributed by atoms with Gasteiger partial charge in [0, 0.05) is 16.7 Å². The average Bonchev–Trinajstić information content (AvgIpc) is 2.90. The predicted molar refractivity (Wildman–Crippen MR) is 79.1 cm³/mol. The molecule has 1 aliphatic carbocycles. The van der Waals surface area contributed by atoms with Gasteiger partial charge in [0.05, 0.1) is 18.3 Å². The molecule has 1 aromatic rings. The van der Waals surface area contributed by atoms with Crippen molar-refractivity contribution in [2.45, 2.75) is 31.8 Å². The number of nitrogens with two attached hydrogens (primary N) is 1. The van der Waals surface area contributed by atoms with Crippen LogP contribution in [0.25, 0.3) is 0 Å². The minimum atomic E-state index is -0.130. The van der Waals surface area contributed by atoms with Gasteiger partial charge < -0.3 is 15.8 Å². The number of benzene rings is 1. The fourth-order valence-electron chi connectivity index (χ4n) is 2.26. The summed E-state index contributed by atoms with van der Waals surface area (Å²) in [5.74, 6) is -0.130. The van der Waals surface area contributed by atoms with Crippen molar-refractivity contribution in [2.75, 3.05) is 18.9 Å². The van der Waals surface area contributed by atoms with Gasteiger partial charge in [0.2, 0.25) is 0 Å². The average molecular weight is 327 g/mol. The van der Waals surface area contributed by atoms with E-state index in [0.717, 1.165) is 17.3 Å². The van der Waals surface area contributed by atoms with E-state index < -0.39 is 0 Å². The zero-order valence-corrected chi connectivity index (χ0v) is 12.4. The number of ether oxygens (including phenoxy) is 1. The van der Waals surface area contributed by atoms with Crippen molar-refractivity contribution in [3.8, 4) is 0 Å².